The second-order valence-electron chi connectivity index (χ2n) is 5.48. The normalized spacial score (nSPS) is 17.3. The van der Waals surface area contributed by atoms with Gasteiger partial charge in [-0.2, -0.15) is 24.5 Å². The Hall–Kier alpha value is -1.15. The Kier molecular flexibility index (Phi) is 6.25. The second kappa shape index (κ2) is 7.82. The van der Waals surface area contributed by atoms with Gasteiger partial charge in [-0.15, -0.1) is 12.4 Å². The molecule has 0 bridgehead atoms. The number of thiophene rings is 1. The van der Waals surface area contributed by atoms with E-state index in [1.807, 2.05) is 16.8 Å². The van der Waals surface area contributed by atoms with Gasteiger partial charge in [-0.3, -0.25) is 4.90 Å². The molecule has 2 aromatic rings. The lowest BCUT2D eigenvalue weighted by Gasteiger charge is -2.35. The summed E-state index contributed by atoms with van der Waals surface area (Å²) in [5, 5.41) is 7.04. The second-order valence-corrected chi connectivity index (χ2v) is 6.26. The summed E-state index contributed by atoms with van der Waals surface area (Å²) in [5.74, 6) is -0.811. The summed E-state index contributed by atoms with van der Waals surface area (Å²) >= 11 is 1.50. The Morgan fingerprint density at radius 3 is 2.38 bits per heavy atom. The van der Waals surface area contributed by atoms with Crippen LogP contribution in [0.1, 0.15) is 22.7 Å². The Morgan fingerprint density at radius 1 is 1.12 bits per heavy atom. The van der Waals surface area contributed by atoms with Crippen LogP contribution in [0.4, 0.5) is 17.6 Å². The highest BCUT2D eigenvalue weighted by Crippen LogP contribution is 2.35. The minimum atomic E-state index is -4.54. The lowest BCUT2D eigenvalue weighted by molar-refractivity contribution is -0.137. The van der Waals surface area contributed by atoms with Crippen LogP contribution in [0.3, 0.4) is 0 Å². The molecule has 0 radical (unpaired) electrons. The molecule has 1 aromatic heterocycles. The van der Waals surface area contributed by atoms with Crippen molar-refractivity contribution in [2.75, 3.05) is 26.2 Å². The van der Waals surface area contributed by atoms with Crippen LogP contribution in [-0.2, 0) is 6.18 Å². The van der Waals surface area contributed by atoms with E-state index in [2.05, 4.69) is 10.2 Å². The van der Waals surface area contributed by atoms with Crippen molar-refractivity contribution in [1.29, 1.82) is 0 Å². The van der Waals surface area contributed by atoms with Gasteiger partial charge in [0.1, 0.15) is 5.82 Å². The summed E-state index contributed by atoms with van der Waals surface area (Å²) in [7, 11) is 0. The van der Waals surface area contributed by atoms with Crippen molar-refractivity contribution in [2.45, 2.75) is 12.2 Å². The van der Waals surface area contributed by atoms with Crippen molar-refractivity contribution in [3.63, 3.8) is 0 Å². The minimum Gasteiger partial charge on any atom is -0.314 e. The van der Waals surface area contributed by atoms with Crippen molar-refractivity contribution in [2.24, 2.45) is 0 Å². The van der Waals surface area contributed by atoms with Crippen LogP contribution in [0.2, 0.25) is 0 Å². The molecule has 1 saturated heterocycles. The van der Waals surface area contributed by atoms with Crippen LogP contribution in [0.15, 0.2) is 35.0 Å². The first-order valence-electron chi connectivity index (χ1n) is 7.30. The maximum atomic E-state index is 14.4. The van der Waals surface area contributed by atoms with Gasteiger partial charge < -0.3 is 5.32 Å². The SMILES string of the molecule is Cl.Fc1cc(C(F)(F)F)ccc1[C@@H](c1ccsc1)N1CCNCC1. The predicted molar refractivity (Wildman–Crippen MR) is 89.3 cm³/mol. The number of benzene rings is 1. The van der Waals surface area contributed by atoms with E-state index < -0.39 is 17.6 Å². The quantitative estimate of drug-likeness (QED) is 0.798. The fourth-order valence-corrected chi connectivity index (χ4v) is 3.56. The summed E-state index contributed by atoms with van der Waals surface area (Å²) in [6.07, 6.45) is -4.54. The van der Waals surface area contributed by atoms with Gasteiger partial charge in [-0.25, -0.2) is 4.39 Å². The molecule has 8 heteroatoms. The van der Waals surface area contributed by atoms with Gasteiger partial charge in [-0.05, 0) is 34.5 Å². The number of hydrogen-bond donors (Lipinski definition) is 1. The van der Waals surface area contributed by atoms with Crippen molar-refractivity contribution in [1.82, 2.24) is 10.2 Å². The zero-order chi connectivity index (χ0) is 16.4. The number of halogens is 5. The molecule has 0 unspecified atom stereocenters. The van der Waals surface area contributed by atoms with Crippen LogP contribution >= 0.6 is 23.7 Å². The van der Waals surface area contributed by atoms with Gasteiger partial charge in [0.25, 0.3) is 0 Å². The lowest BCUT2D eigenvalue weighted by atomic mass is 9.97. The number of nitrogens with one attached hydrogen (secondary N) is 1. The number of nitrogens with zero attached hydrogens (tertiary/aromatic N) is 1. The molecule has 0 aliphatic carbocycles. The molecule has 2 heterocycles. The first kappa shape index (κ1) is 19.2. The molecule has 0 spiro atoms. The first-order chi connectivity index (χ1) is 11.0. The maximum Gasteiger partial charge on any atom is 0.416 e. The molecule has 0 amide bonds. The lowest BCUT2D eigenvalue weighted by Crippen LogP contribution is -2.45. The topological polar surface area (TPSA) is 15.3 Å². The third-order valence-corrected chi connectivity index (χ3v) is 4.70. The van der Waals surface area contributed by atoms with Crippen LogP contribution in [-0.4, -0.2) is 31.1 Å². The van der Waals surface area contributed by atoms with Gasteiger partial charge >= 0.3 is 6.18 Å². The molecule has 1 aromatic carbocycles. The fourth-order valence-electron chi connectivity index (χ4n) is 2.88. The summed E-state index contributed by atoms with van der Waals surface area (Å²) < 4.78 is 52.7. The standard InChI is InChI=1S/C16H16F4N2S.ClH/c17-14-9-12(16(18,19)20)1-2-13(14)15(11-3-8-23-10-11)22-6-4-21-5-7-22;/h1-3,8-10,15,21H,4-7H2;1H/t15-;/m1./s1. The van der Waals surface area contributed by atoms with Crippen molar-refractivity contribution < 1.29 is 17.6 Å². The minimum absolute atomic E-state index is 0. The smallest absolute Gasteiger partial charge is 0.314 e. The highest BCUT2D eigenvalue weighted by Gasteiger charge is 2.33. The van der Waals surface area contributed by atoms with Crippen molar-refractivity contribution in [3.8, 4) is 0 Å². The molecule has 1 aliphatic heterocycles. The maximum absolute atomic E-state index is 14.4. The van der Waals surface area contributed by atoms with Crippen LogP contribution in [0, 0.1) is 5.82 Å². The molecule has 1 aliphatic rings. The molecule has 24 heavy (non-hydrogen) atoms. The Bertz CT molecular complexity index is 655. The van der Waals surface area contributed by atoms with E-state index in [0.717, 1.165) is 37.8 Å². The van der Waals surface area contributed by atoms with Crippen molar-refractivity contribution >= 4 is 23.7 Å². The number of hydrogen-bond acceptors (Lipinski definition) is 3. The fraction of sp³-hybridized carbons (Fsp3) is 0.375. The predicted octanol–water partition coefficient (Wildman–Crippen LogP) is 4.32. The van der Waals surface area contributed by atoms with E-state index in [0.29, 0.717) is 11.6 Å². The van der Waals surface area contributed by atoms with Gasteiger partial charge in [0.05, 0.1) is 11.6 Å². The van der Waals surface area contributed by atoms with E-state index in [1.54, 1.807) is 0 Å². The highest BCUT2D eigenvalue weighted by atomic mass is 35.5. The molecule has 1 fully saturated rings. The van der Waals surface area contributed by atoms with Crippen LogP contribution in [0.25, 0.3) is 0 Å². The molecule has 2 nitrogen and oxygen atoms in total. The van der Waals surface area contributed by atoms with E-state index in [9.17, 15) is 17.6 Å². The van der Waals surface area contributed by atoms with Gasteiger partial charge in [-0.1, -0.05) is 6.07 Å². The van der Waals surface area contributed by atoms with E-state index >= 15 is 0 Å². The molecule has 3 rings (SSSR count). The van der Waals surface area contributed by atoms with Crippen LogP contribution in [0.5, 0.6) is 0 Å². The number of alkyl halides is 3. The molecule has 0 saturated carbocycles. The van der Waals surface area contributed by atoms with Gasteiger partial charge in [0.15, 0.2) is 0 Å². The van der Waals surface area contributed by atoms with Gasteiger partial charge in [0.2, 0.25) is 0 Å². The number of piperazine rings is 1. The summed E-state index contributed by atoms with van der Waals surface area (Å²) in [5.41, 5.74) is 0.247. The molecular weight excluding hydrogens is 364 g/mol. The van der Waals surface area contributed by atoms with E-state index in [4.69, 9.17) is 0 Å². The molecule has 132 valence electrons. The summed E-state index contributed by atoms with van der Waals surface area (Å²) in [4.78, 5) is 2.10. The van der Waals surface area contributed by atoms with E-state index in [-0.39, 0.29) is 18.4 Å². The Labute approximate surface area is 147 Å². The third kappa shape index (κ3) is 4.08. The molecule has 1 N–H and O–H groups in total. The Balaban J connectivity index is 0.00000208. The Morgan fingerprint density at radius 2 is 1.83 bits per heavy atom. The summed E-state index contributed by atoms with van der Waals surface area (Å²) in [6.45, 7) is 3.01. The number of rotatable bonds is 3. The van der Waals surface area contributed by atoms with E-state index in [1.165, 1.54) is 17.4 Å². The van der Waals surface area contributed by atoms with Gasteiger partial charge in [0, 0.05) is 31.7 Å². The third-order valence-electron chi connectivity index (χ3n) is 4.00. The summed E-state index contributed by atoms with van der Waals surface area (Å²) in [6, 6.07) is 4.36. The largest absolute Gasteiger partial charge is 0.416 e. The van der Waals surface area contributed by atoms with Crippen molar-refractivity contribution in [3.05, 3.63) is 57.5 Å². The zero-order valence-corrected chi connectivity index (χ0v) is 14.3. The highest BCUT2D eigenvalue weighted by molar-refractivity contribution is 7.08. The average Bonchev–Trinajstić information content (AvgIpc) is 3.03. The zero-order valence-electron chi connectivity index (χ0n) is 12.6. The van der Waals surface area contributed by atoms with Crippen LogP contribution < -0.4 is 5.32 Å². The average molecular weight is 381 g/mol. The molecular formula is C16H17ClF4N2S. The first-order valence-corrected chi connectivity index (χ1v) is 8.24. The monoisotopic (exact) mass is 380 g/mol. The molecule has 1 atom stereocenters.